The van der Waals surface area contributed by atoms with Crippen LogP contribution < -0.4 is 0 Å². The molecule has 0 aromatic rings. The minimum atomic E-state index is 0.406. The zero-order valence-corrected chi connectivity index (χ0v) is 7.79. The molecule has 1 saturated heterocycles. The van der Waals surface area contributed by atoms with E-state index in [1.807, 2.05) is 0 Å². The van der Waals surface area contributed by atoms with Gasteiger partial charge in [0.2, 0.25) is 0 Å². The molecule has 0 amide bonds. The van der Waals surface area contributed by atoms with E-state index in [1.54, 1.807) is 0 Å². The normalized spacial score (nSPS) is 43.2. The van der Waals surface area contributed by atoms with Crippen molar-refractivity contribution in [2.45, 2.75) is 44.8 Å². The lowest BCUT2D eigenvalue weighted by atomic mass is 9.95. The van der Waals surface area contributed by atoms with Gasteiger partial charge in [-0.3, -0.25) is 0 Å². The maximum absolute atomic E-state index is 5.79. The van der Waals surface area contributed by atoms with Crippen LogP contribution in [0.15, 0.2) is 0 Å². The smallest absolute Gasteiger partial charge is 0.0836 e. The predicted molar refractivity (Wildman–Crippen MR) is 47.1 cm³/mol. The molecule has 0 aromatic carbocycles. The van der Waals surface area contributed by atoms with Gasteiger partial charge in [0, 0.05) is 5.92 Å². The lowest BCUT2D eigenvalue weighted by Gasteiger charge is -2.28. The zero-order valence-electron chi connectivity index (χ0n) is 7.79. The molecule has 0 bridgehead atoms. The van der Waals surface area contributed by atoms with Gasteiger partial charge in [-0.1, -0.05) is 19.8 Å². The molecule has 0 N–H and O–H groups in total. The zero-order chi connectivity index (χ0) is 8.39. The van der Waals surface area contributed by atoms with Gasteiger partial charge >= 0.3 is 0 Å². The lowest BCUT2D eigenvalue weighted by Crippen LogP contribution is -2.32. The topological polar surface area (TPSA) is 18.5 Å². The highest BCUT2D eigenvalue weighted by Gasteiger charge is 2.29. The van der Waals surface area contributed by atoms with Crippen molar-refractivity contribution < 1.29 is 9.47 Å². The standard InChI is InChI=1S/C10H18O2/c1-8-6-11-9-4-2-3-5-10(9)12-7-8/h8-10H,2-7H2,1H3. The molecule has 0 radical (unpaired) electrons. The Balaban J connectivity index is 1.94. The third-order valence-corrected chi connectivity index (χ3v) is 2.83. The first-order valence-corrected chi connectivity index (χ1v) is 5.09. The highest BCUT2D eigenvalue weighted by molar-refractivity contribution is 4.78. The van der Waals surface area contributed by atoms with Crippen LogP contribution in [0.25, 0.3) is 0 Å². The van der Waals surface area contributed by atoms with Gasteiger partial charge in [0.1, 0.15) is 0 Å². The molecule has 70 valence electrons. The van der Waals surface area contributed by atoms with E-state index in [0.717, 1.165) is 13.2 Å². The molecule has 0 aromatic heterocycles. The van der Waals surface area contributed by atoms with Gasteiger partial charge < -0.3 is 9.47 Å². The highest BCUT2D eigenvalue weighted by atomic mass is 16.6. The predicted octanol–water partition coefficient (Wildman–Crippen LogP) is 1.98. The molecule has 1 aliphatic carbocycles. The van der Waals surface area contributed by atoms with Crippen LogP contribution in [-0.4, -0.2) is 25.4 Å². The fraction of sp³-hybridized carbons (Fsp3) is 1.00. The van der Waals surface area contributed by atoms with Gasteiger partial charge in [0.15, 0.2) is 0 Å². The van der Waals surface area contributed by atoms with E-state index in [4.69, 9.17) is 9.47 Å². The Kier molecular flexibility index (Phi) is 2.66. The highest BCUT2D eigenvalue weighted by Crippen LogP contribution is 2.26. The molecule has 2 aliphatic rings. The fourth-order valence-electron chi connectivity index (χ4n) is 2.07. The van der Waals surface area contributed by atoms with Crippen LogP contribution in [0.4, 0.5) is 0 Å². The molecule has 2 heteroatoms. The summed E-state index contributed by atoms with van der Waals surface area (Å²) in [7, 11) is 0. The number of hydrogen-bond acceptors (Lipinski definition) is 2. The number of ether oxygens (including phenoxy) is 2. The van der Waals surface area contributed by atoms with Crippen LogP contribution in [-0.2, 0) is 9.47 Å². The van der Waals surface area contributed by atoms with Crippen LogP contribution in [0.5, 0.6) is 0 Å². The quantitative estimate of drug-likeness (QED) is 0.553. The summed E-state index contributed by atoms with van der Waals surface area (Å²) in [4.78, 5) is 0. The molecular formula is C10H18O2. The molecule has 1 aliphatic heterocycles. The SMILES string of the molecule is CC1COC2CCCCC2OC1. The van der Waals surface area contributed by atoms with Gasteiger partial charge in [-0.05, 0) is 12.8 Å². The Bertz CT molecular complexity index is 131. The van der Waals surface area contributed by atoms with E-state index >= 15 is 0 Å². The Labute approximate surface area is 74.2 Å². The Morgan fingerprint density at radius 1 is 0.917 bits per heavy atom. The first kappa shape index (κ1) is 8.52. The van der Waals surface area contributed by atoms with Crippen molar-refractivity contribution >= 4 is 0 Å². The van der Waals surface area contributed by atoms with Crippen molar-refractivity contribution in [1.29, 1.82) is 0 Å². The van der Waals surface area contributed by atoms with Gasteiger partial charge in [-0.2, -0.15) is 0 Å². The molecule has 2 rings (SSSR count). The van der Waals surface area contributed by atoms with Crippen LogP contribution >= 0.6 is 0 Å². The van der Waals surface area contributed by atoms with E-state index in [-0.39, 0.29) is 0 Å². The minimum Gasteiger partial charge on any atom is -0.375 e. The van der Waals surface area contributed by atoms with Gasteiger partial charge in [-0.15, -0.1) is 0 Å². The van der Waals surface area contributed by atoms with E-state index in [1.165, 1.54) is 25.7 Å². The lowest BCUT2D eigenvalue weighted by molar-refractivity contribution is -0.0577. The van der Waals surface area contributed by atoms with Crippen LogP contribution in [0.3, 0.4) is 0 Å². The average molecular weight is 170 g/mol. The summed E-state index contributed by atoms with van der Waals surface area (Å²) in [6.45, 7) is 3.97. The maximum atomic E-state index is 5.79. The first-order chi connectivity index (χ1) is 5.86. The van der Waals surface area contributed by atoms with Crippen molar-refractivity contribution in [3.05, 3.63) is 0 Å². The van der Waals surface area contributed by atoms with Crippen LogP contribution in [0, 0.1) is 5.92 Å². The van der Waals surface area contributed by atoms with E-state index < -0.39 is 0 Å². The summed E-state index contributed by atoms with van der Waals surface area (Å²) in [5.41, 5.74) is 0. The van der Waals surface area contributed by atoms with Gasteiger partial charge in [0.05, 0.1) is 25.4 Å². The average Bonchev–Trinajstić information content (AvgIpc) is 2.29. The van der Waals surface area contributed by atoms with Crippen molar-refractivity contribution in [1.82, 2.24) is 0 Å². The second-order valence-corrected chi connectivity index (χ2v) is 4.13. The summed E-state index contributed by atoms with van der Waals surface area (Å²) in [6, 6.07) is 0. The largest absolute Gasteiger partial charge is 0.375 e. The van der Waals surface area contributed by atoms with Crippen molar-refractivity contribution in [3.8, 4) is 0 Å². The number of fused-ring (bicyclic) bond motifs is 1. The van der Waals surface area contributed by atoms with E-state index in [9.17, 15) is 0 Å². The third-order valence-electron chi connectivity index (χ3n) is 2.83. The first-order valence-electron chi connectivity index (χ1n) is 5.09. The molecular weight excluding hydrogens is 152 g/mol. The molecule has 2 unspecified atom stereocenters. The molecule has 2 nitrogen and oxygen atoms in total. The molecule has 1 heterocycles. The number of rotatable bonds is 0. The summed E-state index contributed by atoms with van der Waals surface area (Å²) in [6.07, 6.45) is 5.86. The molecule has 2 atom stereocenters. The second kappa shape index (κ2) is 3.75. The van der Waals surface area contributed by atoms with Crippen molar-refractivity contribution in [2.24, 2.45) is 5.92 Å². The second-order valence-electron chi connectivity index (χ2n) is 4.13. The Morgan fingerprint density at radius 2 is 1.42 bits per heavy atom. The van der Waals surface area contributed by atoms with Crippen molar-refractivity contribution in [3.63, 3.8) is 0 Å². The van der Waals surface area contributed by atoms with Gasteiger partial charge in [-0.25, -0.2) is 0 Å². The molecule has 0 spiro atoms. The molecule has 2 fully saturated rings. The molecule has 12 heavy (non-hydrogen) atoms. The fourth-order valence-corrected chi connectivity index (χ4v) is 2.07. The van der Waals surface area contributed by atoms with Gasteiger partial charge in [0.25, 0.3) is 0 Å². The summed E-state index contributed by atoms with van der Waals surface area (Å²) < 4.78 is 11.6. The monoisotopic (exact) mass is 170 g/mol. The molecule has 1 saturated carbocycles. The van der Waals surface area contributed by atoms with Crippen molar-refractivity contribution in [2.75, 3.05) is 13.2 Å². The summed E-state index contributed by atoms with van der Waals surface area (Å²) >= 11 is 0. The maximum Gasteiger partial charge on any atom is 0.0836 e. The van der Waals surface area contributed by atoms with E-state index in [2.05, 4.69) is 6.92 Å². The van der Waals surface area contributed by atoms with E-state index in [0.29, 0.717) is 18.1 Å². The minimum absolute atomic E-state index is 0.406. The number of hydrogen-bond donors (Lipinski definition) is 0. The third kappa shape index (κ3) is 1.80. The summed E-state index contributed by atoms with van der Waals surface area (Å²) in [5.74, 6) is 0.579. The summed E-state index contributed by atoms with van der Waals surface area (Å²) in [5, 5.41) is 0. The van der Waals surface area contributed by atoms with Crippen LogP contribution in [0.2, 0.25) is 0 Å². The van der Waals surface area contributed by atoms with Crippen LogP contribution in [0.1, 0.15) is 32.6 Å². The Morgan fingerprint density at radius 3 is 1.92 bits per heavy atom. The Hall–Kier alpha value is -0.0800.